The Labute approximate surface area is 130 Å². The summed E-state index contributed by atoms with van der Waals surface area (Å²) in [5.74, 6) is 0.986. The van der Waals surface area contributed by atoms with Crippen molar-refractivity contribution in [1.29, 1.82) is 0 Å². The van der Waals surface area contributed by atoms with Gasteiger partial charge in [0.15, 0.2) is 0 Å². The number of amides is 1. The van der Waals surface area contributed by atoms with Gasteiger partial charge in [-0.15, -0.1) is 12.4 Å². The molecule has 0 heterocycles. The molecule has 0 saturated heterocycles. The molecule has 2 bridgehead atoms. The molecule has 5 heteroatoms. The normalized spacial score (nSPS) is 30.9. The predicted octanol–water partition coefficient (Wildman–Crippen LogP) is 3.38. The van der Waals surface area contributed by atoms with Gasteiger partial charge in [-0.2, -0.15) is 0 Å². The Morgan fingerprint density at radius 2 is 2.05 bits per heavy atom. The molecular formula is C15H20Cl2N2O. The van der Waals surface area contributed by atoms with E-state index in [9.17, 15) is 4.79 Å². The van der Waals surface area contributed by atoms with Crippen LogP contribution in [0.3, 0.4) is 0 Å². The lowest BCUT2D eigenvalue weighted by atomic mass is 9.84. The van der Waals surface area contributed by atoms with Crippen molar-refractivity contribution in [3.8, 4) is 0 Å². The van der Waals surface area contributed by atoms with Crippen LogP contribution in [0.4, 0.5) is 5.69 Å². The van der Waals surface area contributed by atoms with Crippen molar-refractivity contribution in [1.82, 2.24) is 0 Å². The van der Waals surface area contributed by atoms with E-state index in [1.807, 2.05) is 25.1 Å². The first-order chi connectivity index (χ1) is 9.06. The van der Waals surface area contributed by atoms with E-state index in [0.717, 1.165) is 18.4 Å². The van der Waals surface area contributed by atoms with Gasteiger partial charge < -0.3 is 11.1 Å². The van der Waals surface area contributed by atoms with Crippen molar-refractivity contribution in [2.75, 3.05) is 5.32 Å². The monoisotopic (exact) mass is 314 g/mol. The number of aryl methyl sites for hydroxylation is 1. The van der Waals surface area contributed by atoms with E-state index in [-0.39, 0.29) is 30.3 Å². The third kappa shape index (κ3) is 2.67. The highest BCUT2D eigenvalue weighted by atomic mass is 35.5. The lowest BCUT2D eigenvalue weighted by molar-refractivity contribution is -0.121. The summed E-state index contributed by atoms with van der Waals surface area (Å²) < 4.78 is 0. The van der Waals surface area contributed by atoms with Crippen LogP contribution in [0.1, 0.15) is 24.8 Å². The summed E-state index contributed by atoms with van der Waals surface area (Å²) in [7, 11) is 0. The van der Waals surface area contributed by atoms with Gasteiger partial charge in [-0.05, 0) is 55.7 Å². The van der Waals surface area contributed by atoms with Gasteiger partial charge in [-0.3, -0.25) is 4.79 Å². The van der Waals surface area contributed by atoms with Crippen LogP contribution in [-0.4, -0.2) is 11.9 Å². The number of anilines is 1. The molecule has 110 valence electrons. The van der Waals surface area contributed by atoms with Gasteiger partial charge in [-0.25, -0.2) is 0 Å². The van der Waals surface area contributed by atoms with Gasteiger partial charge in [0.05, 0.1) is 16.6 Å². The van der Waals surface area contributed by atoms with Gasteiger partial charge in [-0.1, -0.05) is 17.7 Å². The number of benzene rings is 1. The summed E-state index contributed by atoms with van der Waals surface area (Å²) in [6.07, 6.45) is 3.43. The Kier molecular flexibility index (Phi) is 4.62. The molecule has 1 aromatic carbocycles. The average molecular weight is 315 g/mol. The Morgan fingerprint density at radius 1 is 1.35 bits per heavy atom. The van der Waals surface area contributed by atoms with Crippen LogP contribution in [0.2, 0.25) is 5.02 Å². The number of halogens is 2. The van der Waals surface area contributed by atoms with E-state index in [2.05, 4.69) is 5.32 Å². The van der Waals surface area contributed by atoms with E-state index in [4.69, 9.17) is 17.3 Å². The zero-order valence-corrected chi connectivity index (χ0v) is 13.0. The fourth-order valence-electron chi connectivity index (χ4n) is 3.68. The zero-order chi connectivity index (χ0) is 13.6. The molecule has 0 aliphatic heterocycles. The number of carbonyl (C=O) groups excluding carboxylic acids is 1. The maximum absolute atomic E-state index is 12.4. The van der Waals surface area contributed by atoms with Crippen molar-refractivity contribution in [3.05, 3.63) is 28.8 Å². The maximum Gasteiger partial charge on any atom is 0.229 e. The Hall–Kier alpha value is -0.770. The molecule has 1 aromatic rings. The quantitative estimate of drug-likeness (QED) is 0.879. The molecule has 2 aliphatic carbocycles. The highest BCUT2D eigenvalue weighted by Gasteiger charge is 2.49. The summed E-state index contributed by atoms with van der Waals surface area (Å²) >= 11 is 6.12. The second-order valence-electron chi connectivity index (χ2n) is 5.91. The fraction of sp³-hybridized carbons (Fsp3) is 0.533. The average Bonchev–Trinajstić information content (AvgIpc) is 2.94. The highest BCUT2D eigenvalue weighted by Crippen LogP contribution is 2.48. The number of rotatable bonds is 2. The minimum atomic E-state index is -0.0460. The smallest absolute Gasteiger partial charge is 0.229 e. The first kappa shape index (κ1) is 15.6. The second-order valence-corrected chi connectivity index (χ2v) is 6.32. The Morgan fingerprint density at radius 3 is 2.70 bits per heavy atom. The molecule has 20 heavy (non-hydrogen) atoms. The van der Waals surface area contributed by atoms with E-state index in [1.165, 1.54) is 6.42 Å². The van der Waals surface area contributed by atoms with E-state index in [1.54, 1.807) is 0 Å². The van der Waals surface area contributed by atoms with Crippen LogP contribution in [0, 0.1) is 24.7 Å². The molecule has 2 saturated carbocycles. The van der Waals surface area contributed by atoms with Crippen molar-refractivity contribution < 1.29 is 4.79 Å². The fourth-order valence-corrected chi connectivity index (χ4v) is 3.84. The topological polar surface area (TPSA) is 55.1 Å². The lowest BCUT2D eigenvalue weighted by Gasteiger charge is -2.27. The first-order valence-electron chi connectivity index (χ1n) is 6.89. The molecule has 4 unspecified atom stereocenters. The van der Waals surface area contributed by atoms with Crippen LogP contribution in [0.15, 0.2) is 18.2 Å². The minimum absolute atomic E-state index is 0. The number of hydrogen-bond donors (Lipinski definition) is 2. The largest absolute Gasteiger partial charge is 0.327 e. The predicted molar refractivity (Wildman–Crippen MR) is 84.4 cm³/mol. The van der Waals surface area contributed by atoms with Crippen LogP contribution >= 0.6 is 24.0 Å². The molecular weight excluding hydrogens is 295 g/mol. The molecule has 4 atom stereocenters. The van der Waals surface area contributed by atoms with Crippen LogP contribution in [0.5, 0.6) is 0 Å². The second kappa shape index (κ2) is 5.92. The number of nitrogens with two attached hydrogens (primary N) is 1. The Balaban J connectivity index is 0.00000147. The van der Waals surface area contributed by atoms with Gasteiger partial charge in [0, 0.05) is 6.04 Å². The van der Waals surface area contributed by atoms with Gasteiger partial charge in [0.2, 0.25) is 5.91 Å². The highest BCUT2D eigenvalue weighted by molar-refractivity contribution is 6.33. The molecule has 1 amide bonds. The minimum Gasteiger partial charge on any atom is -0.327 e. The van der Waals surface area contributed by atoms with Crippen molar-refractivity contribution in [2.45, 2.75) is 32.2 Å². The molecule has 0 radical (unpaired) electrons. The van der Waals surface area contributed by atoms with E-state index < -0.39 is 0 Å². The van der Waals surface area contributed by atoms with Crippen molar-refractivity contribution in [2.24, 2.45) is 23.5 Å². The van der Waals surface area contributed by atoms with E-state index >= 15 is 0 Å². The molecule has 2 aliphatic rings. The van der Waals surface area contributed by atoms with Crippen LogP contribution < -0.4 is 11.1 Å². The summed E-state index contributed by atoms with van der Waals surface area (Å²) in [6, 6.07) is 5.66. The van der Waals surface area contributed by atoms with Crippen molar-refractivity contribution >= 4 is 35.6 Å². The third-order valence-corrected chi connectivity index (χ3v) is 4.99. The van der Waals surface area contributed by atoms with E-state index in [0.29, 0.717) is 22.5 Å². The number of fused-ring (bicyclic) bond motifs is 2. The molecule has 0 spiro atoms. The number of carbonyl (C=O) groups is 1. The SMILES string of the molecule is Cc1ccc(Cl)c(NC(=O)C2C3CCC(C3)C2N)c1.Cl. The summed E-state index contributed by atoms with van der Waals surface area (Å²) in [4.78, 5) is 12.4. The van der Waals surface area contributed by atoms with Crippen molar-refractivity contribution in [3.63, 3.8) is 0 Å². The molecule has 0 aromatic heterocycles. The third-order valence-electron chi connectivity index (χ3n) is 4.66. The van der Waals surface area contributed by atoms with Gasteiger partial charge >= 0.3 is 0 Å². The first-order valence-corrected chi connectivity index (χ1v) is 7.26. The standard InChI is InChI=1S/C15H19ClN2O.ClH/c1-8-2-5-11(16)12(6-8)18-15(19)13-9-3-4-10(7-9)14(13)17;/h2,5-6,9-10,13-14H,3-4,7,17H2,1H3,(H,18,19);1H. The maximum atomic E-state index is 12.4. The van der Waals surface area contributed by atoms with Gasteiger partial charge in [0.25, 0.3) is 0 Å². The summed E-state index contributed by atoms with van der Waals surface area (Å²) in [5, 5.41) is 3.54. The molecule has 2 fully saturated rings. The molecule has 3 N–H and O–H groups in total. The Bertz CT molecular complexity index is 519. The summed E-state index contributed by atoms with van der Waals surface area (Å²) in [6.45, 7) is 1.98. The van der Waals surface area contributed by atoms with Crippen LogP contribution in [-0.2, 0) is 4.79 Å². The lowest BCUT2D eigenvalue weighted by Crippen LogP contribution is -2.42. The summed E-state index contributed by atoms with van der Waals surface area (Å²) in [5.41, 5.74) is 7.97. The number of nitrogens with one attached hydrogen (secondary N) is 1. The van der Waals surface area contributed by atoms with Crippen LogP contribution in [0.25, 0.3) is 0 Å². The number of hydrogen-bond acceptors (Lipinski definition) is 2. The van der Waals surface area contributed by atoms with Gasteiger partial charge in [0.1, 0.15) is 0 Å². The molecule has 3 nitrogen and oxygen atoms in total. The zero-order valence-electron chi connectivity index (χ0n) is 11.4. The molecule has 3 rings (SSSR count).